The molecule has 5 nitrogen and oxygen atoms in total. The Labute approximate surface area is 167 Å². The first kappa shape index (κ1) is 20.6. The number of piperidine rings is 1. The molecule has 1 saturated carbocycles. The molecule has 1 aliphatic carbocycles. The Balaban J connectivity index is 1.53. The van der Waals surface area contributed by atoms with Crippen molar-refractivity contribution in [2.75, 3.05) is 26.2 Å². The molecular formula is C22H33FN4O. The fraction of sp³-hybridized carbons (Fsp3) is 0.636. The molecule has 1 aromatic carbocycles. The number of aliphatic imine (C=N–C) groups is 1. The molecule has 0 radical (unpaired) electrons. The highest BCUT2D eigenvalue weighted by Gasteiger charge is 2.45. The molecule has 3 rings (SSSR count). The van der Waals surface area contributed by atoms with Crippen LogP contribution in [0.1, 0.15) is 57.9 Å². The summed E-state index contributed by atoms with van der Waals surface area (Å²) in [5.41, 5.74) is 0.594. The van der Waals surface area contributed by atoms with Gasteiger partial charge in [0, 0.05) is 37.5 Å². The highest BCUT2D eigenvalue weighted by Crippen LogP contribution is 2.49. The van der Waals surface area contributed by atoms with Gasteiger partial charge in [-0.15, -0.1) is 0 Å². The lowest BCUT2D eigenvalue weighted by molar-refractivity contribution is -0.134. The standard InChI is InChI=1S/C22H33FN4O/c1-3-24-21(25-14-11-20(28)27-15-7-6-8-17(27)2)26-16-22(12-13-22)18-9-4-5-10-19(18)23/h4-5,9-10,17H,3,6-8,11-16H2,1-2H3,(H2,24,25,26). The topological polar surface area (TPSA) is 56.7 Å². The van der Waals surface area contributed by atoms with Crippen LogP contribution >= 0.6 is 0 Å². The van der Waals surface area contributed by atoms with Gasteiger partial charge in [0.2, 0.25) is 5.91 Å². The van der Waals surface area contributed by atoms with Crippen LogP contribution in [0.4, 0.5) is 4.39 Å². The van der Waals surface area contributed by atoms with E-state index < -0.39 is 0 Å². The number of guanidine groups is 1. The van der Waals surface area contributed by atoms with Crippen molar-refractivity contribution in [3.05, 3.63) is 35.6 Å². The van der Waals surface area contributed by atoms with E-state index in [1.54, 1.807) is 6.07 Å². The summed E-state index contributed by atoms with van der Waals surface area (Å²) in [4.78, 5) is 19.2. The third-order valence-electron chi connectivity index (χ3n) is 5.94. The summed E-state index contributed by atoms with van der Waals surface area (Å²) in [6.07, 6.45) is 5.80. The van der Waals surface area contributed by atoms with Crippen molar-refractivity contribution in [2.45, 2.75) is 63.8 Å². The molecular weight excluding hydrogens is 355 g/mol. The molecule has 0 spiro atoms. The van der Waals surface area contributed by atoms with E-state index in [9.17, 15) is 9.18 Å². The molecule has 0 aromatic heterocycles. The number of carbonyl (C=O) groups excluding carboxylic acids is 1. The van der Waals surface area contributed by atoms with Crippen LogP contribution in [0.15, 0.2) is 29.3 Å². The number of hydrogen-bond donors (Lipinski definition) is 2. The third-order valence-corrected chi connectivity index (χ3v) is 5.94. The van der Waals surface area contributed by atoms with Crippen molar-refractivity contribution in [2.24, 2.45) is 4.99 Å². The molecule has 2 fully saturated rings. The fourth-order valence-corrected chi connectivity index (χ4v) is 4.03. The lowest BCUT2D eigenvalue weighted by Crippen LogP contribution is -2.44. The lowest BCUT2D eigenvalue weighted by Gasteiger charge is -2.33. The van der Waals surface area contributed by atoms with Crippen LogP contribution in [-0.2, 0) is 10.2 Å². The van der Waals surface area contributed by atoms with E-state index in [2.05, 4.69) is 17.6 Å². The van der Waals surface area contributed by atoms with Gasteiger partial charge in [-0.25, -0.2) is 4.39 Å². The number of hydrogen-bond acceptors (Lipinski definition) is 2. The van der Waals surface area contributed by atoms with Crippen LogP contribution in [0.3, 0.4) is 0 Å². The maximum absolute atomic E-state index is 14.2. The zero-order chi connectivity index (χ0) is 20.0. The maximum Gasteiger partial charge on any atom is 0.224 e. The van der Waals surface area contributed by atoms with Gasteiger partial charge < -0.3 is 15.5 Å². The Hall–Kier alpha value is -2.11. The van der Waals surface area contributed by atoms with Gasteiger partial charge >= 0.3 is 0 Å². The van der Waals surface area contributed by atoms with Crippen LogP contribution in [-0.4, -0.2) is 49.0 Å². The number of nitrogens with one attached hydrogen (secondary N) is 2. The molecule has 2 N–H and O–H groups in total. The predicted octanol–water partition coefficient (Wildman–Crippen LogP) is 3.20. The summed E-state index contributed by atoms with van der Waals surface area (Å²) in [6, 6.07) is 7.36. The first-order valence-electron chi connectivity index (χ1n) is 10.6. The number of rotatable bonds is 7. The second-order valence-corrected chi connectivity index (χ2v) is 8.06. The Morgan fingerprint density at radius 3 is 2.75 bits per heavy atom. The van der Waals surface area contributed by atoms with Crippen LogP contribution < -0.4 is 10.6 Å². The van der Waals surface area contributed by atoms with Crippen molar-refractivity contribution < 1.29 is 9.18 Å². The van der Waals surface area contributed by atoms with Crippen LogP contribution in [0, 0.1) is 5.82 Å². The van der Waals surface area contributed by atoms with E-state index in [-0.39, 0.29) is 17.1 Å². The smallest absolute Gasteiger partial charge is 0.224 e. The zero-order valence-electron chi connectivity index (χ0n) is 17.1. The predicted molar refractivity (Wildman–Crippen MR) is 111 cm³/mol. The summed E-state index contributed by atoms with van der Waals surface area (Å²) < 4.78 is 14.2. The minimum Gasteiger partial charge on any atom is -0.357 e. The molecule has 1 saturated heterocycles. The summed E-state index contributed by atoms with van der Waals surface area (Å²) in [5, 5.41) is 6.50. The highest BCUT2D eigenvalue weighted by atomic mass is 19.1. The average molecular weight is 389 g/mol. The molecule has 2 aliphatic rings. The van der Waals surface area contributed by atoms with E-state index in [1.807, 2.05) is 24.0 Å². The van der Waals surface area contributed by atoms with Gasteiger partial charge in [0.05, 0.1) is 6.54 Å². The Kier molecular flexibility index (Phi) is 6.92. The summed E-state index contributed by atoms with van der Waals surface area (Å²) >= 11 is 0. The molecule has 6 heteroatoms. The van der Waals surface area contributed by atoms with Crippen LogP contribution in [0.25, 0.3) is 0 Å². The number of amides is 1. The average Bonchev–Trinajstić information content (AvgIpc) is 3.47. The van der Waals surface area contributed by atoms with Gasteiger partial charge in [0.25, 0.3) is 0 Å². The molecule has 28 heavy (non-hydrogen) atoms. The Morgan fingerprint density at radius 1 is 1.29 bits per heavy atom. The fourth-order valence-electron chi connectivity index (χ4n) is 4.03. The van der Waals surface area contributed by atoms with E-state index in [0.29, 0.717) is 31.5 Å². The Morgan fingerprint density at radius 2 is 2.07 bits per heavy atom. The SMILES string of the molecule is CCNC(=NCC1(c2ccccc2F)CC1)NCCC(=O)N1CCCCC1C. The van der Waals surface area contributed by atoms with Gasteiger partial charge in [-0.2, -0.15) is 0 Å². The first-order chi connectivity index (χ1) is 13.6. The van der Waals surface area contributed by atoms with E-state index in [0.717, 1.165) is 44.3 Å². The van der Waals surface area contributed by atoms with Gasteiger partial charge in [-0.1, -0.05) is 18.2 Å². The van der Waals surface area contributed by atoms with E-state index in [1.165, 1.54) is 12.5 Å². The molecule has 0 bridgehead atoms. The minimum atomic E-state index is -0.174. The largest absolute Gasteiger partial charge is 0.357 e. The van der Waals surface area contributed by atoms with Crippen LogP contribution in [0.2, 0.25) is 0 Å². The number of halogens is 1. The lowest BCUT2D eigenvalue weighted by atomic mass is 9.95. The second kappa shape index (κ2) is 9.39. The van der Waals surface area contributed by atoms with Gasteiger partial charge in [-0.3, -0.25) is 9.79 Å². The minimum absolute atomic E-state index is 0.144. The van der Waals surface area contributed by atoms with Crippen LogP contribution in [0.5, 0.6) is 0 Å². The third kappa shape index (κ3) is 5.03. The number of nitrogens with zero attached hydrogens (tertiary/aromatic N) is 2. The van der Waals surface area contributed by atoms with E-state index >= 15 is 0 Å². The monoisotopic (exact) mass is 388 g/mol. The van der Waals surface area contributed by atoms with Crippen molar-refractivity contribution in [1.29, 1.82) is 0 Å². The van der Waals surface area contributed by atoms with Gasteiger partial charge in [-0.05, 0) is 57.6 Å². The summed E-state index contributed by atoms with van der Waals surface area (Å²) in [6.45, 7) is 6.88. The quantitative estimate of drug-likeness (QED) is 0.557. The van der Waals surface area contributed by atoms with Crippen molar-refractivity contribution >= 4 is 11.9 Å². The van der Waals surface area contributed by atoms with Crippen molar-refractivity contribution in [1.82, 2.24) is 15.5 Å². The molecule has 1 aliphatic heterocycles. The first-order valence-corrected chi connectivity index (χ1v) is 10.6. The second-order valence-electron chi connectivity index (χ2n) is 8.06. The summed E-state index contributed by atoms with van der Waals surface area (Å²) in [7, 11) is 0. The van der Waals surface area contributed by atoms with Crippen molar-refractivity contribution in [3.8, 4) is 0 Å². The summed E-state index contributed by atoms with van der Waals surface area (Å²) in [5.74, 6) is 0.764. The Bertz CT molecular complexity index is 702. The molecule has 154 valence electrons. The number of carbonyl (C=O) groups is 1. The maximum atomic E-state index is 14.2. The molecule has 1 unspecified atom stereocenters. The molecule has 1 heterocycles. The van der Waals surface area contributed by atoms with Gasteiger partial charge in [0.15, 0.2) is 5.96 Å². The van der Waals surface area contributed by atoms with Crippen molar-refractivity contribution in [3.63, 3.8) is 0 Å². The molecule has 1 aromatic rings. The molecule has 1 atom stereocenters. The highest BCUT2D eigenvalue weighted by molar-refractivity contribution is 5.81. The van der Waals surface area contributed by atoms with E-state index in [4.69, 9.17) is 4.99 Å². The molecule has 1 amide bonds. The number of benzene rings is 1. The zero-order valence-corrected chi connectivity index (χ0v) is 17.1. The normalized spacial score (nSPS) is 21.3. The number of likely N-dealkylation sites (tertiary alicyclic amines) is 1. The van der Waals surface area contributed by atoms with Gasteiger partial charge in [0.1, 0.15) is 5.82 Å².